The summed E-state index contributed by atoms with van der Waals surface area (Å²) >= 11 is 0. The van der Waals surface area contributed by atoms with Crippen LogP contribution < -0.4 is 20.2 Å². The summed E-state index contributed by atoms with van der Waals surface area (Å²) in [5.74, 6) is 0. The first-order valence-electron chi connectivity index (χ1n) is 23.9. The van der Waals surface area contributed by atoms with Gasteiger partial charge in [-0.25, -0.2) is 0 Å². The van der Waals surface area contributed by atoms with Crippen LogP contribution in [0.1, 0.15) is 11.1 Å². The highest BCUT2D eigenvalue weighted by molar-refractivity contribution is 6.89. The fraction of sp³-hybridized carbons (Fsp3) is 0.0952. The molecule has 11 aromatic rings. The average molecular weight is 926 g/mol. The van der Waals surface area contributed by atoms with Gasteiger partial charge in [0, 0.05) is 22.1 Å². The predicted molar refractivity (Wildman–Crippen MR) is 303 cm³/mol. The maximum absolute atomic E-state index is 6.59. The lowest BCUT2D eigenvalue weighted by molar-refractivity contribution is 0.608. The van der Waals surface area contributed by atoms with Crippen molar-refractivity contribution < 1.29 is 4.42 Å². The first kappa shape index (κ1) is 43.8. The molecule has 0 spiro atoms. The molecular weight excluding hydrogens is 871 g/mol. The Morgan fingerprint density at radius 1 is 0.391 bits per heavy atom. The molecule has 1 aromatic heterocycles. The zero-order chi connectivity index (χ0) is 47.3. The quantitative estimate of drug-likeness (QED) is 0.0956. The van der Waals surface area contributed by atoms with Crippen LogP contribution in [0.2, 0.25) is 39.3 Å². The van der Waals surface area contributed by atoms with Crippen LogP contribution in [0.15, 0.2) is 217 Å². The van der Waals surface area contributed by atoms with E-state index in [2.05, 4.69) is 267 Å². The van der Waals surface area contributed by atoms with E-state index in [-0.39, 0.29) is 0 Å². The average Bonchev–Trinajstić information content (AvgIpc) is 3.79. The van der Waals surface area contributed by atoms with Crippen molar-refractivity contribution in [2.24, 2.45) is 0 Å². The summed E-state index contributed by atoms with van der Waals surface area (Å²) in [6, 6.07) is 77.5. The third-order valence-electron chi connectivity index (χ3n) is 13.4. The predicted octanol–water partition coefficient (Wildman–Crippen LogP) is 17.2. The summed E-state index contributed by atoms with van der Waals surface area (Å²) in [4.78, 5) is 9.71. The Hall–Kier alpha value is -7.78. The van der Waals surface area contributed by atoms with Gasteiger partial charge >= 0.3 is 6.01 Å². The van der Waals surface area contributed by atoms with Gasteiger partial charge < -0.3 is 9.32 Å². The van der Waals surface area contributed by atoms with E-state index in [4.69, 9.17) is 9.40 Å². The van der Waals surface area contributed by atoms with E-state index in [0.29, 0.717) is 6.01 Å². The standard InChI is InChI=1S/C63H55N3OSi2/c1-68(2,3)55-36-32-52(33-37-55)65(60-19-11-15-47-13-7-9-17-57(47)60)54-31-29-49-41-45(25-28-50(49)42-54)22-21-44-23-26-46(27-24-44)51-30-40-62-59(43-51)64-63(67-62)66(53-34-38-56(39-35-53)69(4,5)6)61-20-12-16-48-14-8-10-18-58(48)61/h7-43H,1-6H3. The van der Waals surface area contributed by atoms with E-state index in [1.807, 2.05) is 6.07 Å². The molecule has 0 radical (unpaired) electrons. The summed E-state index contributed by atoms with van der Waals surface area (Å²) in [6.45, 7) is 14.3. The molecule has 0 bridgehead atoms. The maximum Gasteiger partial charge on any atom is 0.307 e. The number of benzene rings is 10. The van der Waals surface area contributed by atoms with Crippen molar-refractivity contribution in [2.45, 2.75) is 39.3 Å². The van der Waals surface area contributed by atoms with Crippen LogP contribution in [0.25, 0.3) is 66.7 Å². The van der Waals surface area contributed by atoms with Gasteiger partial charge in [0.25, 0.3) is 0 Å². The van der Waals surface area contributed by atoms with E-state index in [9.17, 15) is 0 Å². The molecule has 0 saturated heterocycles. The Bertz CT molecular complexity index is 3680. The number of fused-ring (bicyclic) bond motifs is 4. The van der Waals surface area contributed by atoms with Gasteiger partial charge in [0.05, 0.1) is 33.2 Å². The van der Waals surface area contributed by atoms with Gasteiger partial charge in [-0.1, -0.05) is 207 Å². The largest absolute Gasteiger partial charge is 0.423 e. The molecule has 10 aromatic carbocycles. The lowest BCUT2D eigenvalue weighted by atomic mass is 10.0. The molecule has 0 atom stereocenters. The SMILES string of the molecule is C[Si](C)(C)c1ccc(N(c2ccc3cc(C=Cc4ccc(-c5ccc6oc(N(c7ccc([Si](C)(C)C)cc7)c7cccc8ccccc78)nc6c5)cc4)ccc3c2)c2cccc3ccccc23)cc1. The highest BCUT2D eigenvalue weighted by Crippen LogP contribution is 2.42. The normalized spacial score (nSPS) is 12.1. The summed E-state index contributed by atoms with van der Waals surface area (Å²) in [5.41, 5.74) is 11.6. The maximum atomic E-state index is 6.59. The Kier molecular flexibility index (Phi) is 11.2. The first-order valence-corrected chi connectivity index (χ1v) is 30.9. The van der Waals surface area contributed by atoms with Crippen LogP contribution in [0.3, 0.4) is 0 Å². The topological polar surface area (TPSA) is 32.5 Å². The Morgan fingerprint density at radius 2 is 0.884 bits per heavy atom. The van der Waals surface area contributed by atoms with E-state index in [1.54, 1.807) is 0 Å². The van der Waals surface area contributed by atoms with Crippen molar-refractivity contribution in [1.29, 1.82) is 0 Å². The molecule has 0 aliphatic rings. The summed E-state index contributed by atoms with van der Waals surface area (Å²) < 4.78 is 6.59. The fourth-order valence-corrected chi connectivity index (χ4v) is 11.8. The Morgan fingerprint density at radius 3 is 1.51 bits per heavy atom. The molecule has 4 nitrogen and oxygen atoms in total. The molecule has 0 fully saturated rings. The van der Waals surface area contributed by atoms with Gasteiger partial charge in [-0.05, 0) is 111 Å². The molecular formula is C63H55N3OSi2. The van der Waals surface area contributed by atoms with Crippen molar-refractivity contribution in [3.8, 4) is 11.1 Å². The van der Waals surface area contributed by atoms with Gasteiger partial charge in [0.15, 0.2) is 5.58 Å². The van der Waals surface area contributed by atoms with Gasteiger partial charge in [-0.2, -0.15) is 4.98 Å². The molecule has 0 aliphatic heterocycles. The summed E-state index contributed by atoms with van der Waals surface area (Å²) in [5, 5.41) is 10.0. The van der Waals surface area contributed by atoms with Crippen molar-refractivity contribution in [3.05, 3.63) is 223 Å². The second-order valence-corrected chi connectivity index (χ2v) is 30.3. The van der Waals surface area contributed by atoms with Crippen LogP contribution in [-0.2, 0) is 0 Å². The van der Waals surface area contributed by atoms with Crippen LogP contribution in [0.4, 0.5) is 34.5 Å². The third-order valence-corrected chi connectivity index (χ3v) is 17.5. The monoisotopic (exact) mass is 925 g/mol. The van der Waals surface area contributed by atoms with E-state index in [0.717, 1.165) is 61.5 Å². The summed E-state index contributed by atoms with van der Waals surface area (Å²) in [6.07, 6.45) is 4.39. The number of anilines is 6. The second-order valence-electron chi connectivity index (χ2n) is 20.2. The van der Waals surface area contributed by atoms with Crippen molar-refractivity contribution >= 4 is 117 Å². The molecule has 0 aliphatic carbocycles. The zero-order valence-electron chi connectivity index (χ0n) is 40.1. The lowest BCUT2D eigenvalue weighted by Gasteiger charge is -2.28. The molecule has 1 heterocycles. The molecule has 69 heavy (non-hydrogen) atoms. The Balaban J connectivity index is 0.852. The molecule has 0 saturated carbocycles. The molecule has 336 valence electrons. The second kappa shape index (κ2) is 17.7. The number of rotatable bonds is 11. The fourth-order valence-electron chi connectivity index (χ4n) is 9.47. The smallest absolute Gasteiger partial charge is 0.307 e. The highest BCUT2D eigenvalue weighted by Gasteiger charge is 2.24. The van der Waals surface area contributed by atoms with Gasteiger partial charge in [-0.3, -0.25) is 4.90 Å². The Labute approximate surface area is 407 Å². The minimum atomic E-state index is -1.49. The highest BCUT2D eigenvalue weighted by atomic mass is 28.3. The van der Waals surface area contributed by atoms with Crippen LogP contribution in [0.5, 0.6) is 0 Å². The minimum Gasteiger partial charge on any atom is -0.423 e. The van der Waals surface area contributed by atoms with Gasteiger partial charge in [0.2, 0.25) is 0 Å². The van der Waals surface area contributed by atoms with E-state index in [1.165, 1.54) is 43.0 Å². The van der Waals surface area contributed by atoms with Crippen LogP contribution in [0, 0.1) is 0 Å². The van der Waals surface area contributed by atoms with Crippen LogP contribution in [-0.4, -0.2) is 21.1 Å². The first-order chi connectivity index (χ1) is 33.4. The minimum absolute atomic E-state index is 0.541. The number of hydrogen-bond donors (Lipinski definition) is 0. The van der Waals surface area contributed by atoms with Crippen molar-refractivity contribution in [2.75, 3.05) is 9.80 Å². The molecule has 11 rings (SSSR count). The third kappa shape index (κ3) is 8.81. The summed E-state index contributed by atoms with van der Waals surface area (Å²) in [7, 11) is -2.93. The lowest BCUT2D eigenvalue weighted by Crippen LogP contribution is -2.37. The van der Waals surface area contributed by atoms with Gasteiger partial charge in [0.1, 0.15) is 5.52 Å². The molecule has 6 heteroatoms. The van der Waals surface area contributed by atoms with Crippen LogP contribution >= 0.6 is 0 Å². The molecule has 0 unspecified atom stereocenters. The van der Waals surface area contributed by atoms with E-state index < -0.39 is 16.1 Å². The number of oxazole rings is 1. The van der Waals surface area contributed by atoms with Crippen molar-refractivity contribution in [3.63, 3.8) is 0 Å². The number of aromatic nitrogens is 1. The molecule has 0 amide bonds. The molecule has 0 N–H and O–H groups in total. The van der Waals surface area contributed by atoms with Crippen molar-refractivity contribution in [1.82, 2.24) is 4.98 Å². The van der Waals surface area contributed by atoms with E-state index >= 15 is 0 Å². The van der Waals surface area contributed by atoms with Gasteiger partial charge in [-0.15, -0.1) is 0 Å². The number of hydrogen-bond acceptors (Lipinski definition) is 4. The number of nitrogens with zero attached hydrogens (tertiary/aromatic N) is 3. The zero-order valence-corrected chi connectivity index (χ0v) is 42.1.